The van der Waals surface area contributed by atoms with Gasteiger partial charge in [0, 0.05) is 13.1 Å². The molecule has 3 rings (SSSR count). The van der Waals surface area contributed by atoms with E-state index in [1.807, 2.05) is 60.7 Å². The normalized spacial score (nSPS) is 10.8. The highest BCUT2D eigenvalue weighted by Gasteiger charge is 2.11. The summed E-state index contributed by atoms with van der Waals surface area (Å²) in [4.78, 5) is 24.6. The summed E-state index contributed by atoms with van der Waals surface area (Å²) < 4.78 is 16.2. The van der Waals surface area contributed by atoms with Crippen LogP contribution in [0.5, 0.6) is 0 Å². The van der Waals surface area contributed by atoms with Crippen LogP contribution in [0.4, 0.5) is 4.39 Å². The van der Waals surface area contributed by atoms with Crippen LogP contribution in [0.15, 0.2) is 76.4 Å². The quantitative estimate of drug-likeness (QED) is 0.693. The van der Waals surface area contributed by atoms with Gasteiger partial charge in [0.15, 0.2) is 0 Å². The van der Waals surface area contributed by atoms with Crippen molar-refractivity contribution in [2.75, 3.05) is 0 Å². The number of nitrogens with zero attached hydrogens (tertiary/aromatic N) is 2. The molecule has 1 aromatic heterocycles. The van der Waals surface area contributed by atoms with Crippen molar-refractivity contribution in [2.24, 2.45) is 0 Å². The molecule has 128 valence electrons. The second kappa shape index (κ2) is 7.75. The molecule has 0 aliphatic heterocycles. The van der Waals surface area contributed by atoms with Crippen LogP contribution in [0.2, 0.25) is 0 Å². The maximum absolute atomic E-state index is 14.0. The van der Waals surface area contributed by atoms with E-state index >= 15 is 0 Å². The van der Waals surface area contributed by atoms with E-state index < -0.39 is 17.1 Å². The monoisotopic (exact) mass is 338 g/mol. The molecule has 5 heteroatoms. The number of halogens is 1. The minimum atomic E-state index is -0.902. The van der Waals surface area contributed by atoms with Gasteiger partial charge in [0.05, 0.1) is 6.20 Å². The van der Waals surface area contributed by atoms with Crippen LogP contribution >= 0.6 is 0 Å². The first-order valence-electron chi connectivity index (χ1n) is 8.23. The maximum atomic E-state index is 14.0. The highest BCUT2D eigenvalue weighted by molar-refractivity contribution is 5.15. The van der Waals surface area contributed by atoms with Crippen molar-refractivity contribution >= 4 is 0 Å². The Morgan fingerprint density at radius 1 is 0.760 bits per heavy atom. The smallest absolute Gasteiger partial charge is 0.297 e. The Labute approximate surface area is 144 Å². The van der Waals surface area contributed by atoms with Gasteiger partial charge < -0.3 is 0 Å². The molecule has 25 heavy (non-hydrogen) atoms. The highest BCUT2D eigenvalue weighted by atomic mass is 19.1. The average Bonchev–Trinajstić information content (AvgIpc) is 2.65. The van der Waals surface area contributed by atoms with Gasteiger partial charge in [0.2, 0.25) is 5.82 Å². The molecule has 0 N–H and O–H groups in total. The number of aryl methyl sites for hydroxylation is 3. The Balaban J connectivity index is 1.82. The van der Waals surface area contributed by atoms with Crippen LogP contribution in [0, 0.1) is 5.82 Å². The fraction of sp³-hybridized carbons (Fsp3) is 0.200. The van der Waals surface area contributed by atoms with E-state index in [4.69, 9.17) is 0 Å². The first-order chi connectivity index (χ1) is 12.1. The summed E-state index contributed by atoms with van der Waals surface area (Å²) in [5.74, 6) is -0.902. The number of benzene rings is 2. The van der Waals surface area contributed by atoms with Crippen molar-refractivity contribution in [1.29, 1.82) is 0 Å². The second-order valence-corrected chi connectivity index (χ2v) is 5.88. The molecule has 0 radical (unpaired) electrons. The molecule has 0 aliphatic carbocycles. The van der Waals surface area contributed by atoms with E-state index in [9.17, 15) is 14.0 Å². The van der Waals surface area contributed by atoms with Gasteiger partial charge >= 0.3 is 5.69 Å². The van der Waals surface area contributed by atoms with Gasteiger partial charge in [-0.2, -0.15) is 4.39 Å². The van der Waals surface area contributed by atoms with E-state index in [1.165, 1.54) is 4.57 Å². The predicted molar refractivity (Wildman–Crippen MR) is 95.2 cm³/mol. The molecular weight excluding hydrogens is 319 g/mol. The zero-order valence-corrected chi connectivity index (χ0v) is 13.8. The third kappa shape index (κ3) is 4.12. The van der Waals surface area contributed by atoms with Crippen LogP contribution in [0.25, 0.3) is 0 Å². The van der Waals surface area contributed by atoms with Gasteiger partial charge in [-0.05, 0) is 24.0 Å². The molecule has 0 spiro atoms. The van der Waals surface area contributed by atoms with Crippen molar-refractivity contribution < 1.29 is 4.39 Å². The van der Waals surface area contributed by atoms with Gasteiger partial charge in [0.25, 0.3) is 5.56 Å². The number of rotatable bonds is 6. The predicted octanol–water partition coefficient (Wildman–Crippen LogP) is 2.63. The standard InChI is InChI=1S/C20H19FN2O2/c21-18-15-22(13-11-16-7-3-1-4-8-16)20(25)23(19(18)24)14-12-17-9-5-2-6-10-17/h1-10,15H,11-14H2. The third-order valence-electron chi connectivity index (χ3n) is 4.15. The first-order valence-corrected chi connectivity index (χ1v) is 8.23. The first kappa shape index (κ1) is 16.9. The summed E-state index contributed by atoms with van der Waals surface area (Å²) in [6.07, 6.45) is 2.10. The molecule has 1 heterocycles. The molecule has 3 aromatic rings. The summed E-state index contributed by atoms with van der Waals surface area (Å²) in [5.41, 5.74) is 0.709. The van der Waals surface area contributed by atoms with Crippen molar-refractivity contribution in [3.8, 4) is 0 Å². The van der Waals surface area contributed by atoms with Gasteiger partial charge in [-0.3, -0.25) is 13.9 Å². The number of hydrogen-bond donors (Lipinski definition) is 0. The lowest BCUT2D eigenvalue weighted by molar-refractivity contribution is 0.488. The minimum Gasteiger partial charge on any atom is -0.297 e. The molecule has 0 bridgehead atoms. The van der Waals surface area contributed by atoms with Crippen molar-refractivity contribution in [1.82, 2.24) is 9.13 Å². The fourth-order valence-corrected chi connectivity index (χ4v) is 2.76. The van der Waals surface area contributed by atoms with E-state index in [-0.39, 0.29) is 6.54 Å². The maximum Gasteiger partial charge on any atom is 0.331 e. The van der Waals surface area contributed by atoms with E-state index in [2.05, 4.69) is 0 Å². The molecule has 2 aromatic carbocycles. The fourth-order valence-electron chi connectivity index (χ4n) is 2.76. The summed E-state index contributed by atoms with van der Waals surface area (Å²) in [5, 5.41) is 0. The Morgan fingerprint density at radius 3 is 1.84 bits per heavy atom. The number of hydrogen-bond acceptors (Lipinski definition) is 2. The van der Waals surface area contributed by atoms with Crippen LogP contribution < -0.4 is 11.2 Å². The van der Waals surface area contributed by atoms with Crippen molar-refractivity contribution in [3.05, 3.63) is 105 Å². The Bertz CT molecular complexity index is 947. The van der Waals surface area contributed by atoms with Gasteiger partial charge in [-0.1, -0.05) is 60.7 Å². The van der Waals surface area contributed by atoms with Gasteiger partial charge in [-0.25, -0.2) is 4.79 Å². The lowest BCUT2D eigenvalue weighted by Crippen LogP contribution is -2.41. The van der Waals surface area contributed by atoms with Crippen LogP contribution in [0.1, 0.15) is 11.1 Å². The molecule has 0 saturated carbocycles. The summed E-state index contributed by atoms with van der Waals surface area (Å²) in [7, 11) is 0. The van der Waals surface area contributed by atoms with Crippen molar-refractivity contribution in [2.45, 2.75) is 25.9 Å². The zero-order valence-electron chi connectivity index (χ0n) is 13.8. The summed E-state index contributed by atoms with van der Waals surface area (Å²) in [6.45, 7) is 0.482. The SMILES string of the molecule is O=c1c(F)cn(CCc2ccccc2)c(=O)n1CCc1ccccc1. The van der Waals surface area contributed by atoms with Crippen LogP contribution in [-0.4, -0.2) is 9.13 Å². The molecule has 0 aliphatic rings. The van der Waals surface area contributed by atoms with E-state index in [0.29, 0.717) is 19.4 Å². The lowest BCUT2D eigenvalue weighted by atomic mass is 10.1. The minimum absolute atomic E-state index is 0.158. The highest BCUT2D eigenvalue weighted by Crippen LogP contribution is 2.02. The van der Waals surface area contributed by atoms with Gasteiger partial charge in [0.1, 0.15) is 0 Å². The van der Waals surface area contributed by atoms with Crippen LogP contribution in [0.3, 0.4) is 0 Å². The molecule has 4 nitrogen and oxygen atoms in total. The Hall–Kier alpha value is -2.95. The Kier molecular flexibility index (Phi) is 5.23. The molecular formula is C20H19FN2O2. The molecule has 0 unspecified atom stereocenters. The molecule has 0 atom stereocenters. The molecule has 0 amide bonds. The third-order valence-corrected chi connectivity index (χ3v) is 4.15. The lowest BCUT2D eigenvalue weighted by Gasteiger charge is -2.11. The Morgan fingerprint density at radius 2 is 1.28 bits per heavy atom. The average molecular weight is 338 g/mol. The summed E-state index contributed by atoms with van der Waals surface area (Å²) >= 11 is 0. The zero-order chi connectivity index (χ0) is 17.6. The van der Waals surface area contributed by atoms with Crippen LogP contribution in [-0.2, 0) is 25.9 Å². The molecule has 0 fully saturated rings. The van der Waals surface area contributed by atoms with Gasteiger partial charge in [-0.15, -0.1) is 0 Å². The largest absolute Gasteiger partial charge is 0.331 e. The van der Waals surface area contributed by atoms with E-state index in [1.54, 1.807) is 0 Å². The summed E-state index contributed by atoms with van der Waals surface area (Å²) in [6, 6.07) is 19.2. The second-order valence-electron chi connectivity index (χ2n) is 5.88. The number of aromatic nitrogens is 2. The van der Waals surface area contributed by atoms with Crippen molar-refractivity contribution in [3.63, 3.8) is 0 Å². The topological polar surface area (TPSA) is 44.0 Å². The van der Waals surface area contributed by atoms with E-state index in [0.717, 1.165) is 21.9 Å². The molecule has 0 saturated heterocycles.